The van der Waals surface area contributed by atoms with Gasteiger partial charge < -0.3 is 5.32 Å². The van der Waals surface area contributed by atoms with Crippen molar-refractivity contribution in [2.75, 3.05) is 0 Å². The Kier molecular flexibility index (Phi) is 4.31. The summed E-state index contributed by atoms with van der Waals surface area (Å²) >= 11 is 1.62. The van der Waals surface area contributed by atoms with Crippen molar-refractivity contribution in [2.24, 2.45) is 0 Å². The van der Waals surface area contributed by atoms with Crippen LogP contribution in [0.5, 0.6) is 0 Å². The van der Waals surface area contributed by atoms with E-state index in [4.69, 9.17) is 0 Å². The highest BCUT2D eigenvalue weighted by Crippen LogP contribution is 2.11. The zero-order valence-electron chi connectivity index (χ0n) is 10.2. The standard InChI is InChI=1S/C15H15NOS/c1-12(14-5-3-2-4-6-14)16-15(17)8-7-13-9-10-18-11-13/h2-12H,1H3,(H,16,17)/b8-7+/t12-/m0/s1. The first-order chi connectivity index (χ1) is 8.75. The van der Waals surface area contributed by atoms with Gasteiger partial charge in [-0.15, -0.1) is 0 Å². The van der Waals surface area contributed by atoms with Crippen LogP contribution in [0.4, 0.5) is 0 Å². The number of nitrogens with one attached hydrogen (secondary N) is 1. The molecule has 0 aliphatic heterocycles. The molecule has 2 aromatic rings. The third kappa shape index (κ3) is 3.57. The van der Waals surface area contributed by atoms with Gasteiger partial charge in [-0.2, -0.15) is 11.3 Å². The Labute approximate surface area is 111 Å². The van der Waals surface area contributed by atoms with E-state index in [0.29, 0.717) is 0 Å². The summed E-state index contributed by atoms with van der Waals surface area (Å²) < 4.78 is 0. The number of carbonyl (C=O) groups is 1. The third-order valence-electron chi connectivity index (χ3n) is 2.63. The largest absolute Gasteiger partial charge is 0.346 e. The number of thiophene rings is 1. The van der Waals surface area contributed by atoms with E-state index in [1.807, 2.05) is 60.2 Å². The quantitative estimate of drug-likeness (QED) is 0.832. The van der Waals surface area contributed by atoms with Crippen LogP contribution in [0.15, 0.2) is 53.2 Å². The fraction of sp³-hybridized carbons (Fsp3) is 0.133. The normalized spacial score (nSPS) is 12.5. The van der Waals surface area contributed by atoms with Crippen molar-refractivity contribution in [1.82, 2.24) is 5.32 Å². The van der Waals surface area contributed by atoms with Gasteiger partial charge >= 0.3 is 0 Å². The maximum atomic E-state index is 11.7. The lowest BCUT2D eigenvalue weighted by Crippen LogP contribution is -2.24. The van der Waals surface area contributed by atoms with E-state index in [9.17, 15) is 4.79 Å². The summed E-state index contributed by atoms with van der Waals surface area (Å²) in [6.45, 7) is 1.98. The predicted octanol–water partition coefficient (Wildman–Crippen LogP) is 3.64. The van der Waals surface area contributed by atoms with Crippen molar-refractivity contribution in [3.05, 3.63) is 64.4 Å². The molecule has 2 rings (SSSR count). The molecule has 1 aromatic heterocycles. The maximum Gasteiger partial charge on any atom is 0.244 e. The van der Waals surface area contributed by atoms with E-state index in [2.05, 4.69) is 5.32 Å². The van der Waals surface area contributed by atoms with Crippen molar-refractivity contribution in [3.8, 4) is 0 Å². The van der Waals surface area contributed by atoms with E-state index in [0.717, 1.165) is 11.1 Å². The average molecular weight is 257 g/mol. The lowest BCUT2D eigenvalue weighted by molar-refractivity contribution is -0.117. The van der Waals surface area contributed by atoms with Gasteiger partial charge in [0.05, 0.1) is 6.04 Å². The van der Waals surface area contributed by atoms with E-state index < -0.39 is 0 Å². The molecule has 92 valence electrons. The van der Waals surface area contributed by atoms with Gasteiger partial charge in [-0.3, -0.25) is 4.79 Å². The molecule has 1 heterocycles. The third-order valence-corrected chi connectivity index (χ3v) is 3.33. The Morgan fingerprint density at radius 3 is 2.72 bits per heavy atom. The summed E-state index contributed by atoms with van der Waals surface area (Å²) in [7, 11) is 0. The first kappa shape index (κ1) is 12.6. The summed E-state index contributed by atoms with van der Waals surface area (Å²) in [4.78, 5) is 11.7. The molecule has 1 N–H and O–H groups in total. The lowest BCUT2D eigenvalue weighted by atomic mass is 10.1. The summed E-state index contributed by atoms with van der Waals surface area (Å²) in [5.41, 5.74) is 2.16. The van der Waals surface area contributed by atoms with Crippen LogP contribution in [0.25, 0.3) is 6.08 Å². The Morgan fingerprint density at radius 2 is 2.06 bits per heavy atom. The first-order valence-corrected chi connectivity index (χ1v) is 6.76. The molecule has 0 aliphatic rings. The van der Waals surface area contributed by atoms with Gasteiger partial charge in [-0.25, -0.2) is 0 Å². The minimum atomic E-state index is -0.0717. The van der Waals surface area contributed by atoms with Gasteiger partial charge in [0.1, 0.15) is 0 Å². The molecule has 0 spiro atoms. The highest BCUT2D eigenvalue weighted by atomic mass is 32.1. The summed E-state index contributed by atoms with van der Waals surface area (Å²) in [5, 5.41) is 6.93. The minimum Gasteiger partial charge on any atom is -0.346 e. The van der Waals surface area contributed by atoms with Crippen LogP contribution in [0.3, 0.4) is 0 Å². The van der Waals surface area contributed by atoms with Crippen molar-refractivity contribution in [3.63, 3.8) is 0 Å². The smallest absolute Gasteiger partial charge is 0.244 e. The molecule has 0 saturated carbocycles. The molecular formula is C15H15NOS. The molecule has 0 unspecified atom stereocenters. The molecule has 0 radical (unpaired) electrons. The van der Waals surface area contributed by atoms with Gasteiger partial charge in [0, 0.05) is 6.08 Å². The molecule has 1 atom stereocenters. The second-order valence-electron chi connectivity index (χ2n) is 4.03. The predicted molar refractivity (Wildman–Crippen MR) is 76.4 cm³/mol. The molecule has 1 amide bonds. The van der Waals surface area contributed by atoms with E-state index in [1.54, 1.807) is 17.4 Å². The Hall–Kier alpha value is -1.87. The number of hydrogen-bond donors (Lipinski definition) is 1. The van der Waals surface area contributed by atoms with Gasteiger partial charge in [0.25, 0.3) is 0 Å². The number of benzene rings is 1. The minimum absolute atomic E-state index is 0.0193. The molecule has 0 saturated heterocycles. The summed E-state index contributed by atoms with van der Waals surface area (Å²) in [6.07, 6.45) is 3.39. The highest BCUT2D eigenvalue weighted by molar-refractivity contribution is 7.08. The van der Waals surface area contributed by atoms with Crippen LogP contribution in [0.1, 0.15) is 24.1 Å². The molecule has 0 fully saturated rings. The van der Waals surface area contributed by atoms with Crippen LogP contribution in [-0.2, 0) is 4.79 Å². The molecule has 18 heavy (non-hydrogen) atoms. The zero-order chi connectivity index (χ0) is 12.8. The fourth-order valence-corrected chi connectivity index (χ4v) is 2.26. The zero-order valence-corrected chi connectivity index (χ0v) is 11.0. The number of hydrogen-bond acceptors (Lipinski definition) is 2. The number of rotatable bonds is 4. The first-order valence-electron chi connectivity index (χ1n) is 5.81. The van der Waals surface area contributed by atoms with Crippen LogP contribution in [-0.4, -0.2) is 5.91 Å². The fourth-order valence-electron chi connectivity index (χ4n) is 1.63. The van der Waals surface area contributed by atoms with E-state index in [-0.39, 0.29) is 11.9 Å². The van der Waals surface area contributed by atoms with Crippen LogP contribution >= 0.6 is 11.3 Å². The van der Waals surface area contributed by atoms with Crippen molar-refractivity contribution < 1.29 is 4.79 Å². The van der Waals surface area contributed by atoms with E-state index in [1.165, 1.54) is 0 Å². The van der Waals surface area contributed by atoms with Crippen molar-refractivity contribution >= 4 is 23.3 Å². The van der Waals surface area contributed by atoms with Crippen molar-refractivity contribution in [1.29, 1.82) is 0 Å². The Morgan fingerprint density at radius 1 is 1.28 bits per heavy atom. The van der Waals surface area contributed by atoms with Gasteiger partial charge in [-0.05, 0) is 41.0 Å². The Bertz CT molecular complexity index is 517. The van der Waals surface area contributed by atoms with Crippen LogP contribution in [0, 0.1) is 0 Å². The van der Waals surface area contributed by atoms with Gasteiger partial charge in [-0.1, -0.05) is 30.3 Å². The number of carbonyl (C=O) groups excluding carboxylic acids is 1. The second-order valence-corrected chi connectivity index (χ2v) is 4.81. The van der Waals surface area contributed by atoms with Gasteiger partial charge in [0.2, 0.25) is 5.91 Å². The molecule has 2 nitrogen and oxygen atoms in total. The Balaban J connectivity index is 1.92. The summed E-state index contributed by atoms with van der Waals surface area (Å²) in [5.74, 6) is -0.0717. The maximum absolute atomic E-state index is 11.7. The molecular weight excluding hydrogens is 242 g/mol. The topological polar surface area (TPSA) is 29.1 Å². The van der Waals surface area contributed by atoms with E-state index >= 15 is 0 Å². The van der Waals surface area contributed by atoms with Gasteiger partial charge in [0.15, 0.2) is 0 Å². The monoisotopic (exact) mass is 257 g/mol. The second kappa shape index (κ2) is 6.17. The molecule has 1 aromatic carbocycles. The molecule has 0 bridgehead atoms. The molecule has 0 aliphatic carbocycles. The highest BCUT2D eigenvalue weighted by Gasteiger charge is 2.06. The van der Waals surface area contributed by atoms with Crippen LogP contribution < -0.4 is 5.32 Å². The molecule has 3 heteroatoms. The average Bonchev–Trinajstić information content (AvgIpc) is 2.90. The lowest BCUT2D eigenvalue weighted by Gasteiger charge is -2.12. The SMILES string of the molecule is C[C@H](NC(=O)/C=C/c1ccsc1)c1ccccc1. The summed E-state index contributed by atoms with van der Waals surface area (Å²) in [6, 6.07) is 11.9. The van der Waals surface area contributed by atoms with Crippen molar-refractivity contribution in [2.45, 2.75) is 13.0 Å². The van der Waals surface area contributed by atoms with Crippen LogP contribution in [0.2, 0.25) is 0 Å². The number of amides is 1.